The maximum atomic E-state index is 5.80. The highest BCUT2D eigenvalue weighted by atomic mass is 35.5. The molecule has 5 heteroatoms. The Balaban J connectivity index is 3.10. The number of nitrogen functional groups attached to an aromatic ring is 1. The van der Waals surface area contributed by atoms with Gasteiger partial charge in [-0.15, -0.1) is 0 Å². The fourth-order valence-electron chi connectivity index (χ4n) is 0.927. The summed E-state index contributed by atoms with van der Waals surface area (Å²) in [6.45, 7) is 2.03. The van der Waals surface area contributed by atoms with Crippen LogP contribution < -0.4 is 5.73 Å². The fourth-order valence-corrected chi connectivity index (χ4v) is 1.42. The van der Waals surface area contributed by atoms with E-state index in [1.54, 1.807) is 0 Å². The largest absolute Gasteiger partial charge is 0.383 e. The first-order valence-corrected chi connectivity index (χ1v) is 4.38. The average molecular weight is 206 g/mol. The molecule has 0 atom stereocenters. The highest BCUT2D eigenvalue weighted by molar-refractivity contribution is 6.32. The lowest BCUT2D eigenvalue weighted by Crippen LogP contribution is -2.01. The number of rotatable bonds is 2. The van der Waals surface area contributed by atoms with Gasteiger partial charge in [-0.3, -0.25) is 0 Å². The van der Waals surface area contributed by atoms with Gasteiger partial charge in [0.2, 0.25) is 5.28 Å². The average Bonchev–Trinajstić information content (AvgIpc) is 1.96. The van der Waals surface area contributed by atoms with Crippen LogP contribution in [0.3, 0.4) is 0 Å². The van der Waals surface area contributed by atoms with Crippen molar-refractivity contribution in [2.24, 2.45) is 0 Å². The van der Waals surface area contributed by atoms with E-state index in [9.17, 15) is 0 Å². The van der Waals surface area contributed by atoms with Gasteiger partial charge in [0.25, 0.3) is 0 Å². The quantitative estimate of drug-likeness (QED) is 0.596. The second-order valence-corrected chi connectivity index (χ2v) is 3.09. The van der Waals surface area contributed by atoms with Crippen molar-refractivity contribution in [1.82, 2.24) is 9.97 Å². The zero-order chi connectivity index (χ0) is 9.14. The van der Waals surface area contributed by atoms with Gasteiger partial charge in [0.05, 0.1) is 0 Å². The smallest absolute Gasteiger partial charge is 0.225 e. The van der Waals surface area contributed by atoms with E-state index in [1.165, 1.54) is 0 Å². The maximum Gasteiger partial charge on any atom is 0.225 e. The summed E-state index contributed by atoms with van der Waals surface area (Å²) in [6.07, 6.45) is 1.73. The number of nitrogens with zero attached hydrogens (tertiary/aromatic N) is 2. The number of halogens is 2. The third-order valence-corrected chi connectivity index (χ3v) is 1.94. The van der Waals surface area contributed by atoms with E-state index in [1.807, 2.05) is 6.92 Å². The molecule has 0 spiro atoms. The van der Waals surface area contributed by atoms with Crippen LogP contribution in [0, 0.1) is 0 Å². The van der Waals surface area contributed by atoms with Crippen molar-refractivity contribution >= 4 is 29.0 Å². The van der Waals surface area contributed by atoms with Crippen molar-refractivity contribution in [3.8, 4) is 0 Å². The van der Waals surface area contributed by atoms with Crippen molar-refractivity contribution < 1.29 is 0 Å². The minimum Gasteiger partial charge on any atom is -0.383 e. The summed E-state index contributed by atoms with van der Waals surface area (Å²) < 4.78 is 0. The van der Waals surface area contributed by atoms with Crippen molar-refractivity contribution in [3.63, 3.8) is 0 Å². The molecule has 66 valence electrons. The summed E-state index contributed by atoms with van der Waals surface area (Å²) in [4.78, 5) is 7.59. The van der Waals surface area contributed by atoms with Gasteiger partial charge in [-0.05, 0) is 18.0 Å². The zero-order valence-electron chi connectivity index (χ0n) is 6.64. The molecule has 0 fully saturated rings. The second kappa shape index (κ2) is 3.92. The van der Waals surface area contributed by atoms with Crippen molar-refractivity contribution in [2.45, 2.75) is 19.8 Å². The Hall–Kier alpha value is -0.540. The Kier molecular flexibility index (Phi) is 3.12. The Bertz CT molecular complexity index is 265. The van der Waals surface area contributed by atoms with Crippen LogP contribution in [-0.4, -0.2) is 9.97 Å². The molecule has 2 N–H and O–H groups in total. The highest BCUT2D eigenvalue weighted by Crippen LogP contribution is 2.21. The predicted molar refractivity (Wildman–Crippen MR) is 50.5 cm³/mol. The third-order valence-electron chi connectivity index (χ3n) is 1.46. The van der Waals surface area contributed by atoms with E-state index in [2.05, 4.69) is 9.97 Å². The molecule has 0 bridgehead atoms. The van der Waals surface area contributed by atoms with Crippen molar-refractivity contribution in [2.75, 3.05) is 5.73 Å². The molecular weight excluding hydrogens is 197 g/mol. The Morgan fingerprint density at radius 1 is 1.33 bits per heavy atom. The molecule has 1 aromatic rings. The number of hydrogen-bond donors (Lipinski definition) is 1. The molecule has 0 aliphatic carbocycles. The van der Waals surface area contributed by atoms with Gasteiger partial charge in [0, 0.05) is 5.56 Å². The number of aromatic nitrogens is 2. The Labute approximate surface area is 80.9 Å². The van der Waals surface area contributed by atoms with Gasteiger partial charge in [0.1, 0.15) is 11.0 Å². The normalized spacial score (nSPS) is 10.2. The molecule has 0 aliphatic rings. The van der Waals surface area contributed by atoms with Gasteiger partial charge >= 0.3 is 0 Å². The third kappa shape index (κ3) is 1.99. The zero-order valence-corrected chi connectivity index (χ0v) is 8.15. The molecule has 0 unspecified atom stereocenters. The highest BCUT2D eigenvalue weighted by Gasteiger charge is 2.07. The molecule has 0 radical (unpaired) electrons. The standard InChI is InChI=1S/C7H9Cl2N3/c1-2-3-4-5(8)11-7(9)12-6(4)10/h2-3H2,1H3,(H2,10,11,12). The minimum atomic E-state index is 0.0948. The van der Waals surface area contributed by atoms with E-state index in [-0.39, 0.29) is 5.28 Å². The van der Waals surface area contributed by atoms with Gasteiger partial charge < -0.3 is 5.73 Å². The molecule has 0 saturated carbocycles. The Morgan fingerprint density at radius 3 is 2.50 bits per heavy atom. The van der Waals surface area contributed by atoms with E-state index < -0.39 is 0 Å². The topological polar surface area (TPSA) is 51.8 Å². The number of anilines is 1. The molecule has 1 rings (SSSR count). The van der Waals surface area contributed by atoms with Crippen LogP contribution in [0.2, 0.25) is 10.4 Å². The van der Waals surface area contributed by atoms with Crippen LogP contribution in [-0.2, 0) is 6.42 Å². The lowest BCUT2D eigenvalue weighted by atomic mass is 10.2. The van der Waals surface area contributed by atoms with Crippen LogP contribution in [0.4, 0.5) is 5.82 Å². The summed E-state index contributed by atoms with van der Waals surface area (Å²) in [5, 5.41) is 0.451. The lowest BCUT2D eigenvalue weighted by molar-refractivity contribution is 0.906. The molecule has 0 aliphatic heterocycles. The van der Waals surface area contributed by atoms with Crippen LogP contribution in [0.5, 0.6) is 0 Å². The second-order valence-electron chi connectivity index (χ2n) is 2.40. The van der Waals surface area contributed by atoms with Crippen molar-refractivity contribution in [1.29, 1.82) is 0 Å². The summed E-state index contributed by atoms with van der Waals surface area (Å²) in [7, 11) is 0. The summed E-state index contributed by atoms with van der Waals surface area (Å²) in [6, 6.07) is 0. The molecule has 1 aromatic heterocycles. The van der Waals surface area contributed by atoms with E-state index in [0.717, 1.165) is 18.4 Å². The first-order chi connectivity index (χ1) is 5.65. The first kappa shape index (κ1) is 9.55. The molecule has 3 nitrogen and oxygen atoms in total. The van der Waals surface area contributed by atoms with Gasteiger partial charge in [-0.25, -0.2) is 9.97 Å². The molecule has 1 heterocycles. The first-order valence-electron chi connectivity index (χ1n) is 3.62. The Morgan fingerprint density at radius 2 is 2.00 bits per heavy atom. The molecule has 0 aromatic carbocycles. The summed E-state index contributed by atoms with van der Waals surface area (Å²) >= 11 is 11.3. The monoisotopic (exact) mass is 205 g/mol. The molecule has 0 saturated heterocycles. The van der Waals surface area contributed by atoms with Gasteiger partial charge in [-0.2, -0.15) is 0 Å². The van der Waals surface area contributed by atoms with Crippen LogP contribution >= 0.6 is 23.2 Å². The number of hydrogen-bond acceptors (Lipinski definition) is 3. The van der Waals surface area contributed by atoms with Crippen LogP contribution in [0.15, 0.2) is 0 Å². The summed E-state index contributed by atoms with van der Waals surface area (Å²) in [5.74, 6) is 0.377. The SMILES string of the molecule is CCCc1c(N)nc(Cl)nc1Cl. The maximum absolute atomic E-state index is 5.80. The lowest BCUT2D eigenvalue weighted by Gasteiger charge is -2.04. The molecule has 12 heavy (non-hydrogen) atoms. The predicted octanol–water partition coefficient (Wildman–Crippen LogP) is 2.32. The van der Waals surface area contributed by atoms with E-state index >= 15 is 0 Å². The van der Waals surface area contributed by atoms with E-state index in [0.29, 0.717) is 11.0 Å². The number of nitrogens with two attached hydrogens (primary N) is 1. The van der Waals surface area contributed by atoms with Gasteiger partial charge in [0.15, 0.2) is 0 Å². The molecule has 0 amide bonds. The minimum absolute atomic E-state index is 0.0948. The van der Waals surface area contributed by atoms with Crippen molar-refractivity contribution in [3.05, 3.63) is 16.0 Å². The van der Waals surface area contributed by atoms with Crippen LogP contribution in [0.1, 0.15) is 18.9 Å². The van der Waals surface area contributed by atoms with Gasteiger partial charge in [-0.1, -0.05) is 24.9 Å². The fraction of sp³-hybridized carbons (Fsp3) is 0.429. The van der Waals surface area contributed by atoms with E-state index in [4.69, 9.17) is 28.9 Å². The van der Waals surface area contributed by atoms with Crippen LogP contribution in [0.25, 0.3) is 0 Å². The molecular formula is C7H9Cl2N3. The summed E-state index contributed by atoms with van der Waals surface area (Å²) in [5.41, 5.74) is 6.37.